The molecule has 1 saturated heterocycles. The van der Waals surface area contributed by atoms with Crippen LogP contribution < -0.4 is 0 Å². The molecule has 12 heavy (non-hydrogen) atoms. The van der Waals surface area contributed by atoms with E-state index in [0.717, 1.165) is 32.7 Å². The van der Waals surface area contributed by atoms with Crippen molar-refractivity contribution in [3.05, 3.63) is 0 Å². The summed E-state index contributed by atoms with van der Waals surface area (Å²) in [6.07, 6.45) is 1.57. The lowest BCUT2D eigenvalue weighted by atomic mass is 10.1. The van der Waals surface area contributed by atoms with E-state index in [9.17, 15) is 5.11 Å². The van der Waals surface area contributed by atoms with Crippen LogP contribution in [0.1, 0.15) is 19.8 Å². The molecule has 3 heteroatoms. The standard InChI is InChI=1S/C9H18O3/c1-2-9(10)7-12-6-8-3-4-11-5-8/h8-10H,2-7H2,1H3. The zero-order valence-corrected chi connectivity index (χ0v) is 7.66. The van der Waals surface area contributed by atoms with Crippen LogP contribution in [0.3, 0.4) is 0 Å². The van der Waals surface area contributed by atoms with E-state index in [1.165, 1.54) is 0 Å². The average molecular weight is 174 g/mol. The minimum atomic E-state index is -0.299. The second-order valence-corrected chi connectivity index (χ2v) is 3.33. The van der Waals surface area contributed by atoms with Crippen LogP contribution in [0.5, 0.6) is 0 Å². The molecular weight excluding hydrogens is 156 g/mol. The predicted octanol–water partition coefficient (Wildman–Crippen LogP) is 0.810. The maximum atomic E-state index is 9.18. The fraction of sp³-hybridized carbons (Fsp3) is 1.00. The first kappa shape index (κ1) is 9.96. The van der Waals surface area contributed by atoms with Gasteiger partial charge in [0, 0.05) is 12.5 Å². The van der Waals surface area contributed by atoms with Crippen molar-refractivity contribution in [2.75, 3.05) is 26.4 Å². The van der Waals surface area contributed by atoms with Gasteiger partial charge in [-0.25, -0.2) is 0 Å². The van der Waals surface area contributed by atoms with Gasteiger partial charge in [-0.2, -0.15) is 0 Å². The smallest absolute Gasteiger partial charge is 0.0771 e. The molecule has 2 atom stereocenters. The van der Waals surface area contributed by atoms with Crippen molar-refractivity contribution >= 4 is 0 Å². The van der Waals surface area contributed by atoms with Crippen LogP contribution in [0.25, 0.3) is 0 Å². The van der Waals surface area contributed by atoms with E-state index in [1.54, 1.807) is 0 Å². The Morgan fingerprint density at radius 3 is 3.08 bits per heavy atom. The lowest BCUT2D eigenvalue weighted by molar-refractivity contribution is 0.0180. The molecular formula is C9H18O3. The number of hydrogen-bond acceptors (Lipinski definition) is 3. The van der Waals surface area contributed by atoms with E-state index in [2.05, 4.69) is 0 Å². The molecule has 0 aromatic carbocycles. The van der Waals surface area contributed by atoms with Gasteiger partial charge in [-0.15, -0.1) is 0 Å². The van der Waals surface area contributed by atoms with E-state index in [0.29, 0.717) is 12.5 Å². The van der Waals surface area contributed by atoms with E-state index in [4.69, 9.17) is 9.47 Å². The van der Waals surface area contributed by atoms with Gasteiger partial charge in [-0.05, 0) is 12.8 Å². The summed E-state index contributed by atoms with van der Waals surface area (Å²) >= 11 is 0. The zero-order valence-electron chi connectivity index (χ0n) is 7.66. The fourth-order valence-electron chi connectivity index (χ4n) is 1.20. The summed E-state index contributed by atoms with van der Waals surface area (Å²) in [7, 11) is 0. The van der Waals surface area contributed by atoms with Crippen molar-refractivity contribution in [1.29, 1.82) is 0 Å². The first-order valence-corrected chi connectivity index (χ1v) is 4.66. The van der Waals surface area contributed by atoms with Crippen LogP contribution >= 0.6 is 0 Å². The van der Waals surface area contributed by atoms with Gasteiger partial charge in [0.2, 0.25) is 0 Å². The van der Waals surface area contributed by atoms with Gasteiger partial charge in [-0.1, -0.05) is 6.92 Å². The molecule has 1 aliphatic heterocycles. The lowest BCUT2D eigenvalue weighted by Crippen LogP contribution is -2.18. The molecule has 0 spiro atoms. The number of hydrogen-bond donors (Lipinski definition) is 1. The van der Waals surface area contributed by atoms with Gasteiger partial charge in [-0.3, -0.25) is 0 Å². The highest BCUT2D eigenvalue weighted by Crippen LogP contribution is 2.12. The Morgan fingerprint density at radius 1 is 1.67 bits per heavy atom. The summed E-state index contributed by atoms with van der Waals surface area (Å²) in [5.74, 6) is 0.550. The van der Waals surface area contributed by atoms with Crippen molar-refractivity contribution in [2.45, 2.75) is 25.9 Å². The quantitative estimate of drug-likeness (QED) is 0.670. The van der Waals surface area contributed by atoms with E-state index in [1.807, 2.05) is 6.92 Å². The number of aliphatic hydroxyl groups is 1. The second-order valence-electron chi connectivity index (χ2n) is 3.33. The van der Waals surface area contributed by atoms with Gasteiger partial charge in [0.15, 0.2) is 0 Å². The van der Waals surface area contributed by atoms with E-state index in [-0.39, 0.29) is 6.10 Å². The Bertz CT molecular complexity index is 110. The molecule has 0 aliphatic carbocycles. The molecule has 1 rings (SSSR count). The van der Waals surface area contributed by atoms with Crippen LogP contribution in [0.15, 0.2) is 0 Å². The molecule has 0 aromatic rings. The van der Waals surface area contributed by atoms with Crippen molar-refractivity contribution in [2.24, 2.45) is 5.92 Å². The minimum Gasteiger partial charge on any atom is -0.391 e. The fourth-order valence-corrected chi connectivity index (χ4v) is 1.20. The largest absolute Gasteiger partial charge is 0.391 e. The Labute approximate surface area is 73.7 Å². The third-order valence-corrected chi connectivity index (χ3v) is 2.16. The van der Waals surface area contributed by atoms with Gasteiger partial charge in [0.1, 0.15) is 0 Å². The van der Waals surface area contributed by atoms with E-state index < -0.39 is 0 Å². The van der Waals surface area contributed by atoms with Crippen molar-refractivity contribution in [3.8, 4) is 0 Å². The first-order valence-electron chi connectivity index (χ1n) is 4.66. The molecule has 72 valence electrons. The Balaban J connectivity index is 1.94. The molecule has 0 aromatic heterocycles. The van der Waals surface area contributed by atoms with Gasteiger partial charge < -0.3 is 14.6 Å². The van der Waals surface area contributed by atoms with Crippen molar-refractivity contribution in [3.63, 3.8) is 0 Å². The molecule has 1 aliphatic rings. The third kappa shape index (κ3) is 3.52. The lowest BCUT2D eigenvalue weighted by Gasteiger charge is -2.11. The maximum Gasteiger partial charge on any atom is 0.0771 e. The van der Waals surface area contributed by atoms with Gasteiger partial charge in [0.25, 0.3) is 0 Å². The summed E-state index contributed by atoms with van der Waals surface area (Å²) in [5, 5.41) is 9.18. The van der Waals surface area contributed by atoms with Crippen molar-refractivity contribution in [1.82, 2.24) is 0 Å². The molecule has 3 nitrogen and oxygen atoms in total. The van der Waals surface area contributed by atoms with Crippen molar-refractivity contribution < 1.29 is 14.6 Å². The normalized spacial score (nSPS) is 26.0. The molecule has 0 radical (unpaired) electrons. The topological polar surface area (TPSA) is 38.7 Å². The van der Waals surface area contributed by atoms with Gasteiger partial charge in [0.05, 0.1) is 25.9 Å². The summed E-state index contributed by atoms with van der Waals surface area (Å²) in [4.78, 5) is 0. The maximum absolute atomic E-state index is 9.18. The third-order valence-electron chi connectivity index (χ3n) is 2.16. The molecule has 1 fully saturated rings. The average Bonchev–Trinajstić information content (AvgIpc) is 2.57. The highest BCUT2D eigenvalue weighted by molar-refractivity contribution is 4.63. The van der Waals surface area contributed by atoms with E-state index >= 15 is 0 Å². The van der Waals surface area contributed by atoms with Crippen LogP contribution in [0.2, 0.25) is 0 Å². The zero-order chi connectivity index (χ0) is 8.81. The predicted molar refractivity (Wildman–Crippen MR) is 46.0 cm³/mol. The molecule has 1 heterocycles. The second kappa shape index (κ2) is 5.51. The summed E-state index contributed by atoms with van der Waals surface area (Å²) in [5.41, 5.74) is 0. The SMILES string of the molecule is CCC(O)COCC1CCOC1. The molecule has 0 saturated carbocycles. The highest BCUT2D eigenvalue weighted by atomic mass is 16.5. The first-order chi connectivity index (χ1) is 5.83. The van der Waals surface area contributed by atoms with Crippen LogP contribution in [-0.2, 0) is 9.47 Å². The van der Waals surface area contributed by atoms with Crippen LogP contribution in [0.4, 0.5) is 0 Å². The molecule has 2 unspecified atom stereocenters. The summed E-state index contributed by atoms with van der Waals surface area (Å²) in [6, 6.07) is 0. The molecule has 0 bridgehead atoms. The summed E-state index contributed by atoms with van der Waals surface area (Å²) < 4.78 is 10.5. The van der Waals surface area contributed by atoms with Gasteiger partial charge >= 0.3 is 0 Å². The minimum absolute atomic E-state index is 0.299. The monoisotopic (exact) mass is 174 g/mol. The number of ether oxygens (including phenoxy) is 2. The van der Waals surface area contributed by atoms with Crippen LogP contribution in [0, 0.1) is 5.92 Å². The molecule has 1 N–H and O–H groups in total. The highest BCUT2D eigenvalue weighted by Gasteiger charge is 2.15. The number of rotatable bonds is 5. The molecule has 0 amide bonds. The Kier molecular flexibility index (Phi) is 4.58. The number of aliphatic hydroxyl groups excluding tert-OH is 1. The van der Waals surface area contributed by atoms with Crippen LogP contribution in [-0.4, -0.2) is 37.6 Å². The Morgan fingerprint density at radius 2 is 2.50 bits per heavy atom. The Hall–Kier alpha value is -0.120. The summed E-state index contributed by atoms with van der Waals surface area (Å²) in [6.45, 7) is 4.84.